The molecule has 0 aliphatic heterocycles. The lowest BCUT2D eigenvalue weighted by Crippen LogP contribution is -2.28. The van der Waals surface area contributed by atoms with Crippen LogP contribution in [0.4, 0.5) is 8.78 Å². The van der Waals surface area contributed by atoms with Crippen molar-refractivity contribution in [3.8, 4) is 0 Å². The molecule has 136 valence electrons. The van der Waals surface area contributed by atoms with E-state index in [2.05, 4.69) is 14.8 Å². The third-order valence-corrected chi connectivity index (χ3v) is 3.35. The van der Waals surface area contributed by atoms with Crippen LogP contribution in [0.25, 0.3) is 0 Å². The first-order chi connectivity index (χ1) is 12.4. The van der Waals surface area contributed by atoms with Gasteiger partial charge in [0, 0.05) is 12.6 Å². The number of nitrogens with one attached hydrogen (secondary N) is 1. The second kappa shape index (κ2) is 8.70. The number of amides is 1. The van der Waals surface area contributed by atoms with Crippen LogP contribution in [0.1, 0.15) is 26.3 Å². The van der Waals surface area contributed by atoms with Crippen LogP contribution in [-0.2, 0) is 20.8 Å². The topological polar surface area (TPSA) is 81.7 Å². The number of benzene rings is 2. The highest BCUT2D eigenvalue weighted by atomic mass is 19.1. The minimum atomic E-state index is -1.07. The Morgan fingerprint density at radius 1 is 1.00 bits per heavy atom. The van der Waals surface area contributed by atoms with Crippen molar-refractivity contribution in [2.24, 2.45) is 0 Å². The van der Waals surface area contributed by atoms with Crippen LogP contribution in [0.15, 0.2) is 42.5 Å². The Kier molecular flexibility index (Phi) is 6.37. The van der Waals surface area contributed by atoms with E-state index in [0.29, 0.717) is 17.2 Å². The highest BCUT2D eigenvalue weighted by Gasteiger charge is 2.15. The average molecular weight is 363 g/mol. The van der Waals surface area contributed by atoms with Gasteiger partial charge in [-0.05, 0) is 29.8 Å². The quantitative estimate of drug-likeness (QED) is 0.796. The number of hydrogen-bond acceptors (Lipinski definition) is 5. The zero-order valence-corrected chi connectivity index (χ0v) is 13.8. The fourth-order valence-electron chi connectivity index (χ4n) is 1.99. The monoisotopic (exact) mass is 363 g/mol. The molecule has 0 fully saturated rings. The van der Waals surface area contributed by atoms with E-state index in [9.17, 15) is 23.2 Å². The van der Waals surface area contributed by atoms with E-state index in [1.54, 1.807) is 24.3 Å². The fourth-order valence-corrected chi connectivity index (χ4v) is 1.99. The molecule has 0 heterocycles. The molecule has 8 heteroatoms. The van der Waals surface area contributed by atoms with Crippen molar-refractivity contribution in [1.82, 2.24) is 5.32 Å². The van der Waals surface area contributed by atoms with E-state index in [4.69, 9.17) is 0 Å². The average Bonchev–Trinajstić information content (AvgIpc) is 2.64. The normalized spacial score (nSPS) is 10.1. The van der Waals surface area contributed by atoms with Crippen molar-refractivity contribution in [2.75, 3.05) is 13.7 Å². The molecule has 0 atom stereocenters. The van der Waals surface area contributed by atoms with Crippen LogP contribution >= 0.6 is 0 Å². The fraction of sp³-hybridized carbons (Fsp3) is 0.167. The Hall–Kier alpha value is -3.29. The van der Waals surface area contributed by atoms with Crippen molar-refractivity contribution in [2.45, 2.75) is 6.54 Å². The number of hydrogen-bond donors (Lipinski definition) is 1. The molecule has 2 rings (SSSR count). The Labute approximate surface area is 147 Å². The number of ether oxygens (including phenoxy) is 2. The first-order valence-electron chi connectivity index (χ1n) is 7.47. The number of carbonyl (C=O) groups is 3. The minimum Gasteiger partial charge on any atom is -0.465 e. The van der Waals surface area contributed by atoms with Crippen LogP contribution in [0, 0.1) is 11.6 Å². The molecule has 0 aliphatic carbocycles. The zero-order chi connectivity index (χ0) is 19.1. The van der Waals surface area contributed by atoms with Gasteiger partial charge in [0.25, 0.3) is 5.91 Å². The van der Waals surface area contributed by atoms with E-state index < -0.39 is 41.7 Å². The molecule has 1 amide bonds. The third kappa shape index (κ3) is 5.10. The van der Waals surface area contributed by atoms with Crippen molar-refractivity contribution in [3.05, 3.63) is 70.8 Å². The van der Waals surface area contributed by atoms with E-state index in [1.807, 2.05) is 0 Å². The van der Waals surface area contributed by atoms with Crippen molar-refractivity contribution in [3.63, 3.8) is 0 Å². The Balaban J connectivity index is 1.81. The van der Waals surface area contributed by atoms with Gasteiger partial charge >= 0.3 is 11.9 Å². The summed E-state index contributed by atoms with van der Waals surface area (Å²) in [6.45, 7) is -0.474. The van der Waals surface area contributed by atoms with Gasteiger partial charge in [-0.2, -0.15) is 0 Å². The number of esters is 2. The summed E-state index contributed by atoms with van der Waals surface area (Å²) in [6.07, 6.45) is 0. The van der Waals surface area contributed by atoms with Crippen LogP contribution in [0.5, 0.6) is 0 Å². The Bertz CT molecular complexity index is 821. The van der Waals surface area contributed by atoms with Crippen LogP contribution in [0.3, 0.4) is 0 Å². The lowest BCUT2D eigenvalue weighted by atomic mass is 10.1. The molecule has 1 N–H and O–H groups in total. The molecule has 0 bridgehead atoms. The highest BCUT2D eigenvalue weighted by molar-refractivity contribution is 5.91. The smallest absolute Gasteiger partial charge is 0.341 e. The maximum atomic E-state index is 13.4. The first kappa shape index (κ1) is 19.0. The number of halogens is 2. The van der Waals surface area contributed by atoms with Gasteiger partial charge in [-0.15, -0.1) is 0 Å². The number of methoxy groups -OCH3 is 1. The van der Waals surface area contributed by atoms with Gasteiger partial charge in [-0.3, -0.25) is 4.79 Å². The number of carbonyl (C=O) groups excluding carboxylic acids is 3. The molecule has 2 aromatic carbocycles. The summed E-state index contributed by atoms with van der Waals surface area (Å²) in [4.78, 5) is 34.7. The van der Waals surface area contributed by atoms with Gasteiger partial charge in [-0.25, -0.2) is 18.4 Å². The summed E-state index contributed by atoms with van der Waals surface area (Å²) in [7, 11) is 1.27. The van der Waals surface area contributed by atoms with Gasteiger partial charge in [0.2, 0.25) is 0 Å². The minimum absolute atomic E-state index is 0.142. The summed E-state index contributed by atoms with van der Waals surface area (Å²) in [5.41, 5.74) is 0.623. The number of rotatable bonds is 6. The maximum absolute atomic E-state index is 13.4. The molecule has 0 aromatic heterocycles. The lowest BCUT2D eigenvalue weighted by Gasteiger charge is -2.08. The highest BCUT2D eigenvalue weighted by Crippen LogP contribution is 2.11. The molecular weight excluding hydrogens is 348 g/mol. The molecule has 2 aromatic rings. The molecule has 0 radical (unpaired) electrons. The van der Waals surface area contributed by atoms with Gasteiger partial charge in [0.05, 0.1) is 18.2 Å². The predicted molar refractivity (Wildman–Crippen MR) is 86.3 cm³/mol. The van der Waals surface area contributed by atoms with E-state index in [-0.39, 0.29) is 6.54 Å². The van der Waals surface area contributed by atoms with Crippen LogP contribution in [-0.4, -0.2) is 31.6 Å². The predicted octanol–water partition coefficient (Wildman–Crippen LogP) is 2.22. The molecule has 26 heavy (non-hydrogen) atoms. The second-order valence-electron chi connectivity index (χ2n) is 5.17. The molecule has 6 nitrogen and oxygen atoms in total. The summed E-state index contributed by atoms with van der Waals surface area (Å²) in [5.74, 6) is -4.03. The van der Waals surface area contributed by atoms with Gasteiger partial charge in [0.15, 0.2) is 6.61 Å². The second-order valence-corrected chi connectivity index (χ2v) is 5.17. The standard InChI is InChI=1S/C18H15F2NO5/c1-25-17(23)12-4-2-11(3-5-12)9-21-16(22)10-26-18(24)14-7-6-13(19)8-15(14)20/h2-8H,9-10H2,1H3,(H,21,22). The van der Waals surface area contributed by atoms with E-state index >= 15 is 0 Å². The molecule has 0 saturated heterocycles. The summed E-state index contributed by atoms with van der Waals surface area (Å²) in [5, 5.41) is 2.51. The first-order valence-corrected chi connectivity index (χ1v) is 7.47. The largest absolute Gasteiger partial charge is 0.465 e. The maximum Gasteiger partial charge on any atom is 0.341 e. The Morgan fingerprint density at radius 2 is 1.69 bits per heavy atom. The van der Waals surface area contributed by atoms with Crippen molar-refractivity contribution >= 4 is 17.8 Å². The van der Waals surface area contributed by atoms with Crippen LogP contribution < -0.4 is 5.32 Å². The SMILES string of the molecule is COC(=O)c1ccc(CNC(=O)COC(=O)c2ccc(F)cc2F)cc1. The Morgan fingerprint density at radius 3 is 2.31 bits per heavy atom. The molecule has 0 aliphatic rings. The molecule has 0 spiro atoms. The summed E-state index contributed by atoms with van der Waals surface area (Å²) in [6, 6.07) is 8.76. The van der Waals surface area contributed by atoms with Gasteiger partial charge < -0.3 is 14.8 Å². The van der Waals surface area contributed by atoms with E-state index in [0.717, 1.165) is 12.1 Å². The van der Waals surface area contributed by atoms with Gasteiger partial charge in [0.1, 0.15) is 11.6 Å². The third-order valence-electron chi connectivity index (χ3n) is 3.35. The van der Waals surface area contributed by atoms with Gasteiger partial charge in [-0.1, -0.05) is 12.1 Å². The molecular formula is C18H15F2NO5. The zero-order valence-electron chi connectivity index (χ0n) is 13.8. The van der Waals surface area contributed by atoms with E-state index in [1.165, 1.54) is 7.11 Å². The van der Waals surface area contributed by atoms with Crippen molar-refractivity contribution in [1.29, 1.82) is 0 Å². The summed E-state index contributed by atoms with van der Waals surface area (Å²) < 4.78 is 35.5. The molecule has 0 saturated carbocycles. The van der Waals surface area contributed by atoms with Crippen molar-refractivity contribution < 1.29 is 32.6 Å². The van der Waals surface area contributed by atoms with Crippen LogP contribution in [0.2, 0.25) is 0 Å². The lowest BCUT2D eigenvalue weighted by molar-refractivity contribution is -0.124. The molecule has 0 unspecified atom stereocenters. The summed E-state index contributed by atoms with van der Waals surface area (Å²) >= 11 is 0.